The number of amides is 1. The molecule has 0 aliphatic rings. The first-order chi connectivity index (χ1) is 16.6. The summed E-state index contributed by atoms with van der Waals surface area (Å²) in [5, 5.41) is 7.61. The Balaban J connectivity index is 1.20. The van der Waals surface area contributed by atoms with Crippen molar-refractivity contribution in [2.24, 2.45) is 0 Å². The largest absolute Gasteiger partial charge is 0.332 e. The zero-order valence-corrected chi connectivity index (χ0v) is 18.8. The Morgan fingerprint density at radius 2 is 1.71 bits per heavy atom. The summed E-state index contributed by atoms with van der Waals surface area (Å²) >= 11 is 5.93. The van der Waals surface area contributed by atoms with Crippen molar-refractivity contribution in [3.63, 3.8) is 0 Å². The van der Waals surface area contributed by atoms with E-state index in [9.17, 15) is 4.79 Å². The van der Waals surface area contributed by atoms with Crippen molar-refractivity contribution in [1.29, 1.82) is 0 Å². The summed E-state index contributed by atoms with van der Waals surface area (Å²) in [5.74, 6) is 0.780. The highest BCUT2D eigenvalue weighted by molar-refractivity contribution is 6.30. The average molecular weight is 470 g/mol. The fraction of sp³-hybridized carbons (Fsp3) is 0.0769. The Morgan fingerprint density at radius 3 is 2.47 bits per heavy atom. The Labute approximate surface area is 201 Å². The standard InChI is InChI=1S/C26H20ClN5O2/c27-21-10-8-20(9-11-21)25-30-26(34-31-25)23-16-32(17-28-23)15-19-6-12-22(13-7-19)29-24(33)14-18-4-2-1-3-5-18/h1-13,16-17H,14-15H2,(H,29,33). The fourth-order valence-corrected chi connectivity index (χ4v) is 3.62. The van der Waals surface area contributed by atoms with Crippen molar-refractivity contribution in [3.8, 4) is 23.0 Å². The van der Waals surface area contributed by atoms with Gasteiger partial charge in [0, 0.05) is 29.0 Å². The third-order valence-electron chi connectivity index (χ3n) is 5.19. The number of imidazole rings is 1. The van der Waals surface area contributed by atoms with E-state index in [2.05, 4.69) is 20.4 Å². The highest BCUT2D eigenvalue weighted by Crippen LogP contribution is 2.22. The van der Waals surface area contributed by atoms with Crippen LogP contribution < -0.4 is 5.32 Å². The van der Waals surface area contributed by atoms with Crippen molar-refractivity contribution in [2.45, 2.75) is 13.0 Å². The lowest BCUT2D eigenvalue weighted by atomic mass is 10.1. The molecule has 0 unspecified atom stereocenters. The van der Waals surface area contributed by atoms with E-state index in [1.54, 1.807) is 18.5 Å². The number of hydrogen-bond donors (Lipinski definition) is 1. The molecule has 34 heavy (non-hydrogen) atoms. The van der Waals surface area contributed by atoms with E-state index < -0.39 is 0 Å². The zero-order chi connectivity index (χ0) is 23.3. The van der Waals surface area contributed by atoms with Gasteiger partial charge in [-0.25, -0.2) is 4.98 Å². The number of halogens is 1. The second-order valence-corrected chi connectivity index (χ2v) is 8.21. The smallest absolute Gasteiger partial charge is 0.278 e. The summed E-state index contributed by atoms with van der Waals surface area (Å²) in [6.45, 7) is 0.615. The molecule has 2 heterocycles. The molecule has 0 saturated heterocycles. The minimum Gasteiger partial charge on any atom is -0.332 e. The third kappa shape index (κ3) is 5.22. The first kappa shape index (κ1) is 21.6. The molecule has 0 fully saturated rings. The summed E-state index contributed by atoms with van der Waals surface area (Å²) in [7, 11) is 0. The number of rotatable bonds is 7. The molecule has 0 aliphatic carbocycles. The van der Waals surface area contributed by atoms with Crippen molar-refractivity contribution >= 4 is 23.2 Å². The molecule has 0 radical (unpaired) electrons. The predicted molar refractivity (Wildman–Crippen MR) is 130 cm³/mol. The highest BCUT2D eigenvalue weighted by Gasteiger charge is 2.13. The molecule has 0 aliphatic heterocycles. The number of aromatic nitrogens is 4. The molecule has 8 heteroatoms. The molecule has 0 bridgehead atoms. The van der Waals surface area contributed by atoms with E-state index in [1.165, 1.54) is 0 Å². The number of benzene rings is 3. The number of carbonyl (C=O) groups is 1. The van der Waals surface area contributed by atoms with Crippen molar-refractivity contribution in [2.75, 3.05) is 5.32 Å². The average Bonchev–Trinajstić information content (AvgIpc) is 3.51. The quantitative estimate of drug-likeness (QED) is 0.341. The highest BCUT2D eigenvalue weighted by atomic mass is 35.5. The lowest BCUT2D eigenvalue weighted by molar-refractivity contribution is -0.115. The molecule has 168 valence electrons. The van der Waals surface area contributed by atoms with Crippen molar-refractivity contribution in [1.82, 2.24) is 19.7 Å². The number of nitrogens with zero attached hydrogens (tertiary/aromatic N) is 4. The SMILES string of the molecule is O=C(Cc1ccccc1)Nc1ccc(Cn2cnc(-c3nc(-c4ccc(Cl)cc4)no3)c2)cc1. The number of nitrogens with one attached hydrogen (secondary N) is 1. The summed E-state index contributed by atoms with van der Waals surface area (Å²) in [4.78, 5) is 21.1. The van der Waals surface area contributed by atoms with Crippen LogP contribution in [0.3, 0.4) is 0 Å². The van der Waals surface area contributed by atoms with Gasteiger partial charge in [-0.1, -0.05) is 59.2 Å². The summed E-state index contributed by atoms with van der Waals surface area (Å²) < 4.78 is 7.32. The van der Waals surface area contributed by atoms with Crippen LogP contribution in [0, 0.1) is 0 Å². The molecule has 5 aromatic rings. The van der Waals surface area contributed by atoms with Crippen molar-refractivity contribution in [3.05, 3.63) is 108 Å². The van der Waals surface area contributed by atoms with Crippen LogP contribution >= 0.6 is 11.6 Å². The summed E-state index contributed by atoms with van der Waals surface area (Å²) in [6.07, 6.45) is 3.92. The van der Waals surface area contributed by atoms with Gasteiger partial charge in [0.15, 0.2) is 0 Å². The van der Waals surface area contributed by atoms with Crippen LogP contribution in [0.4, 0.5) is 5.69 Å². The normalized spacial score (nSPS) is 10.9. The molecule has 0 saturated carbocycles. The lowest BCUT2D eigenvalue weighted by Crippen LogP contribution is -2.14. The maximum atomic E-state index is 12.3. The summed E-state index contributed by atoms with van der Waals surface area (Å²) in [6, 6.07) is 24.6. The zero-order valence-electron chi connectivity index (χ0n) is 18.1. The first-order valence-corrected chi connectivity index (χ1v) is 11.0. The van der Waals surface area contributed by atoms with E-state index >= 15 is 0 Å². The first-order valence-electron chi connectivity index (χ1n) is 10.7. The van der Waals surface area contributed by atoms with Crippen molar-refractivity contribution < 1.29 is 9.32 Å². The third-order valence-corrected chi connectivity index (χ3v) is 5.44. The van der Waals surface area contributed by atoms with Gasteiger partial charge in [-0.05, 0) is 47.5 Å². The predicted octanol–water partition coefficient (Wildman–Crippen LogP) is 5.48. The number of hydrogen-bond acceptors (Lipinski definition) is 5. The number of carbonyl (C=O) groups excluding carboxylic acids is 1. The Kier molecular flexibility index (Phi) is 6.18. The monoisotopic (exact) mass is 469 g/mol. The van der Waals surface area contributed by atoms with Gasteiger partial charge in [0.1, 0.15) is 5.69 Å². The number of anilines is 1. The topological polar surface area (TPSA) is 85.8 Å². The van der Waals surface area contributed by atoms with E-state index in [-0.39, 0.29) is 5.91 Å². The Morgan fingerprint density at radius 1 is 0.941 bits per heavy atom. The summed E-state index contributed by atoms with van der Waals surface area (Å²) in [5.41, 5.74) is 4.22. The molecule has 3 aromatic carbocycles. The maximum Gasteiger partial charge on any atom is 0.278 e. The molecule has 1 amide bonds. The molecular formula is C26H20ClN5O2. The van der Waals surface area contributed by atoms with Gasteiger partial charge in [-0.15, -0.1) is 0 Å². The van der Waals surface area contributed by atoms with Gasteiger partial charge in [0.25, 0.3) is 5.89 Å². The van der Waals surface area contributed by atoms with Gasteiger partial charge in [-0.2, -0.15) is 4.98 Å². The van der Waals surface area contributed by atoms with Crippen LogP contribution in [0.2, 0.25) is 5.02 Å². The van der Waals surface area contributed by atoms with Gasteiger partial charge >= 0.3 is 0 Å². The minimum absolute atomic E-state index is 0.0456. The fourth-order valence-electron chi connectivity index (χ4n) is 3.49. The van der Waals surface area contributed by atoms with Crippen LogP contribution in [0.25, 0.3) is 23.0 Å². The molecule has 2 aromatic heterocycles. The maximum absolute atomic E-state index is 12.3. The molecule has 0 spiro atoms. The molecule has 7 nitrogen and oxygen atoms in total. The van der Waals surface area contributed by atoms with Gasteiger partial charge < -0.3 is 14.4 Å². The van der Waals surface area contributed by atoms with Crippen LogP contribution in [0.15, 0.2) is 95.9 Å². The molecule has 1 N–H and O–H groups in total. The van der Waals surface area contributed by atoms with E-state index in [1.807, 2.05) is 77.5 Å². The van der Waals surface area contributed by atoms with E-state index in [0.717, 1.165) is 22.4 Å². The molecule has 5 rings (SSSR count). The minimum atomic E-state index is -0.0456. The van der Waals surface area contributed by atoms with E-state index in [0.29, 0.717) is 35.4 Å². The molecular weight excluding hydrogens is 450 g/mol. The van der Waals surface area contributed by atoms with Crippen LogP contribution in [0.5, 0.6) is 0 Å². The van der Waals surface area contributed by atoms with Gasteiger partial charge in [0.05, 0.1) is 12.7 Å². The van der Waals surface area contributed by atoms with E-state index in [4.69, 9.17) is 16.1 Å². The molecule has 0 atom stereocenters. The lowest BCUT2D eigenvalue weighted by Gasteiger charge is -2.07. The van der Waals surface area contributed by atoms with Gasteiger partial charge in [-0.3, -0.25) is 4.79 Å². The second-order valence-electron chi connectivity index (χ2n) is 7.77. The van der Waals surface area contributed by atoms with Gasteiger partial charge in [0.2, 0.25) is 11.7 Å². The second kappa shape index (κ2) is 9.72. The van der Waals surface area contributed by atoms with Crippen LogP contribution in [0.1, 0.15) is 11.1 Å². The Bertz CT molecular complexity index is 1390. The van der Waals surface area contributed by atoms with Crippen LogP contribution in [-0.2, 0) is 17.8 Å². The van der Waals surface area contributed by atoms with Crippen LogP contribution in [-0.4, -0.2) is 25.6 Å². The Hall–Kier alpha value is -4.23.